The first-order valence-electron chi connectivity index (χ1n) is 5.55. The standard InChI is InChI=1S/C13H13O4PS/c1-13(12(14)15,10-5-3-2-4-6-10)18(16,17)11-7-8-19-9-11/h2-9H,1H3,(H,14,15)(H,16,17). The van der Waals surface area contributed by atoms with Crippen molar-refractivity contribution in [3.8, 4) is 0 Å². The highest BCUT2D eigenvalue weighted by Gasteiger charge is 2.52. The van der Waals surface area contributed by atoms with Gasteiger partial charge in [-0.1, -0.05) is 30.3 Å². The number of hydrogen-bond donors (Lipinski definition) is 2. The third-order valence-electron chi connectivity index (χ3n) is 3.21. The predicted molar refractivity (Wildman–Crippen MR) is 75.2 cm³/mol. The average molecular weight is 296 g/mol. The van der Waals surface area contributed by atoms with Crippen molar-refractivity contribution in [1.29, 1.82) is 0 Å². The van der Waals surface area contributed by atoms with Crippen LogP contribution in [0.25, 0.3) is 0 Å². The zero-order valence-corrected chi connectivity index (χ0v) is 11.9. The summed E-state index contributed by atoms with van der Waals surface area (Å²) >= 11 is 1.26. The van der Waals surface area contributed by atoms with Crippen molar-refractivity contribution in [3.05, 3.63) is 52.7 Å². The molecule has 0 bridgehead atoms. The minimum Gasteiger partial charge on any atom is -0.480 e. The maximum Gasteiger partial charge on any atom is 0.324 e. The first-order chi connectivity index (χ1) is 8.90. The Morgan fingerprint density at radius 2 is 1.89 bits per heavy atom. The summed E-state index contributed by atoms with van der Waals surface area (Å²) in [6.45, 7) is 1.29. The molecule has 2 unspecified atom stereocenters. The van der Waals surface area contributed by atoms with Gasteiger partial charge in [0.1, 0.15) is 0 Å². The van der Waals surface area contributed by atoms with Crippen LogP contribution in [0.5, 0.6) is 0 Å². The minimum atomic E-state index is -4.09. The van der Waals surface area contributed by atoms with Gasteiger partial charge in [0.2, 0.25) is 0 Å². The first kappa shape index (κ1) is 14.0. The Labute approximate surface area is 114 Å². The third kappa shape index (κ3) is 2.14. The van der Waals surface area contributed by atoms with E-state index in [4.69, 9.17) is 0 Å². The molecule has 1 aromatic heterocycles. The van der Waals surface area contributed by atoms with Crippen LogP contribution in [-0.2, 0) is 14.5 Å². The van der Waals surface area contributed by atoms with Gasteiger partial charge in [0, 0.05) is 10.7 Å². The molecule has 6 heteroatoms. The number of carbonyl (C=O) groups is 1. The number of rotatable bonds is 4. The van der Waals surface area contributed by atoms with Crippen LogP contribution in [-0.4, -0.2) is 16.0 Å². The molecule has 0 aliphatic rings. The fourth-order valence-corrected chi connectivity index (χ4v) is 4.81. The van der Waals surface area contributed by atoms with E-state index < -0.39 is 18.5 Å². The Hall–Kier alpha value is -1.42. The third-order valence-corrected chi connectivity index (χ3v) is 6.71. The van der Waals surface area contributed by atoms with E-state index in [1.807, 2.05) is 0 Å². The molecule has 0 amide bonds. The molecule has 1 heterocycles. The molecule has 0 aliphatic heterocycles. The minimum absolute atomic E-state index is 0.172. The van der Waals surface area contributed by atoms with Crippen molar-refractivity contribution in [2.75, 3.05) is 0 Å². The summed E-state index contributed by atoms with van der Waals surface area (Å²) in [5.74, 6) is -1.31. The summed E-state index contributed by atoms with van der Waals surface area (Å²) in [6, 6.07) is 9.66. The largest absolute Gasteiger partial charge is 0.480 e. The van der Waals surface area contributed by atoms with Crippen molar-refractivity contribution < 1.29 is 19.4 Å². The van der Waals surface area contributed by atoms with E-state index >= 15 is 0 Å². The molecule has 100 valence electrons. The Morgan fingerprint density at radius 3 is 2.37 bits per heavy atom. The molecular weight excluding hydrogens is 283 g/mol. The van der Waals surface area contributed by atoms with Crippen molar-refractivity contribution in [3.63, 3.8) is 0 Å². The average Bonchev–Trinajstić information content (AvgIpc) is 2.92. The number of hydrogen-bond acceptors (Lipinski definition) is 3. The topological polar surface area (TPSA) is 74.6 Å². The smallest absolute Gasteiger partial charge is 0.324 e. The maximum absolute atomic E-state index is 12.7. The highest BCUT2D eigenvalue weighted by atomic mass is 32.1. The van der Waals surface area contributed by atoms with Crippen LogP contribution < -0.4 is 5.30 Å². The summed E-state index contributed by atoms with van der Waals surface area (Å²) in [5.41, 5.74) is 0.319. The van der Waals surface area contributed by atoms with Crippen molar-refractivity contribution in [1.82, 2.24) is 0 Å². The van der Waals surface area contributed by atoms with Gasteiger partial charge in [-0.2, -0.15) is 11.3 Å². The molecule has 2 aromatic rings. The summed E-state index contributed by atoms with van der Waals surface area (Å²) < 4.78 is 12.7. The predicted octanol–water partition coefficient (Wildman–Crippen LogP) is 2.64. The van der Waals surface area contributed by atoms with E-state index in [2.05, 4.69) is 0 Å². The van der Waals surface area contributed by atoms with Crippen LogP contribution in [0, 0.1) is 0 Å². The first-order valence-corrected chi connectivity index (χ1v) is 8.15. The van der Waals surface area contributed by atoms with Gasteiger partial charge < -0.3 is 10.00 Å². The second-order valence-corrected chi connectivity index (χ2v) is 7.64. The molecule has 0 aliphatic carbocycles. The van der Waals surface area contributed by atoms with Gasteiger partial charge in [-0.15, -0.1) is 0 Å². The van der Waals surface area contributed by atoms with Crippen LogP contribution in [0.2, 0.25) is 0 Å². The molecule has 0 radical (unpaired) electrons. The zero-order chi connectivity index (χ0) is 14.1. The van der Waals surface area contributed by atoms with E-state index in [0.717, 1.165) is 0 Å². The lowest BCUT2D eigenvalue weighted by Crippen LogP contribution is -2.35. The maximum atomic E-state index is 12.7. The number of benzene rings is 1. The number of carboxylic acids is 1. The van der Waals surface area contributed by atoms with Gasteiger partial charge in [-0.3, -0.25) is 9.36 Å². The summed E-state index contributed by atoms with van der Waals surface area (Å²) in [7, 11) is -4.09. The molecule has 0 fully saturated rings. The summed E-state index contributed by atoms with van der Waals surface area (Å²) in [6.07, 6.45) is 0. The van der Waals surface area contributed by atoms with E-state index in [0.29, 0.717) is 5.56 Å². The summed E-state index contributed by atoms with van der Waals surface area (Å²) in [4.78, 5) is 22.0. The molecule has 2 rings (SSSR count). The quantitative estimate of drug-likeness (QED) is 0.851. The Bertz CT molecular complexity index is 623. The number of aliphatic carboxylic acids is 1. The van der Waals surface area contributed by atoms with E-state index in [1.165, 1.54) is 29.7 Å². The molecule has 4 nitrogen and oxygen atoms in total. The summed E-state index contributed by atoms with van der Waals surface area (Å²) in [5, 5.41) is 11.0. The van der Waals surface area contributed by atoms with Gasteiger partial charge in [0.05, 0.1) is 0 Å². The number of thiophene rings is 1. The molecule has 19 heavy (non-hydrogen) atoms. The van der Waals surface area contributed by atoms with Crippen LogP contribution in [0.3, 0.4) is 0 Å². The molecule has 0 saturated carbocycles. The lowest BCUT2D eigenvalue weighted by atomic mass is 10.0. The molecule has 2 N–H and O–H groups in total. The SMILES string of the molecule is CC(C(=O)O)(c1ccccc1)P(=O)(O)c1ccsc1. The molecule has 1 aromatic carbocycles. The van der Waals surface area contributed by atoms with E-state index in [1.54, 1.807) is 35.7 Å². The van der Waals surface area contributed by atoms with Crippen LogP contribution in [0.15, 0.2) is 47.2 Å². The normalized spacial score (nSPS) is 17.4. The van der Waals surface area contributed by atoms with Crippen molar-refractivity contribution in [2.24, 2.45) is 0 Å². The van der Waals surface area contributed by atoms with Gasteiger partial charge in [0.25, 0.3) is 7.37 Å². The van der Waals surface area contributed by atoms with Gasteiger partial charge in [-0.25, -0.2) is 0 Å². The second kappa shape index (κ2) is 4.93. The Balaban J connectivity index is 2.65. The van der Waals surface area contributed by atoms with Gasteiger partial charge in [-0.05, 0) is 23.9 Å². The zero-order valence-electron chi connectivity index (χ0n) is 10.2. The van der Waals surface area contributed by atoms with Crippen LogP contribution in [0.4, 0.5) is 0 Å². The van der Waals surface area contributed by atoms with Gasteiger partial charge >= 0.3 is 5.97 Å². The van der Waals surface area contributed by atoms with E-state index in [9.17, 15) is 19.4 Å². The molecular formula is C13H13O4PS. The molecule has 2 atom stereocenters. The monoisotopic (exact) mass is 296 g/mol. The van der Waals surface area contributed by atoms with Crippen LogP contribution in [0.1, 0.15) is 12.5 Å². The second-order valence-electron chi connectivity index (χ2n) is 4.30. The number of carboxylic acid groups (broad SMARTS) is 1. The van der Waals surface area contributed by atoms with Crippen molar-refractivity contribution >= 4 is 30.0 Å². The molecule has 0 saturated heterocycles. The lowest BCUT2D eigenvalue weighted by molar-refractivity contribution is -0.140. The highest BCUT2D eigenvalue weighted by molar-refractivity contribution is 7.68. The fourth-order valence-electron chi connectivity index (χ4n) is 1.88. The van der Waals surface area contributed by atoms with Gasteiger partial charge in [0.15, 0.2) is 5.16 Å². The van der Waals surface area contributed by atoms with Crippen LogP contribution >= 0.6 is 18.7 Å². The Kier molecular flexibility index (Phi) is 3.63. The fraction of sp³-hybridized carbons (Fsp3) is 0.154. The highest BCUT2D eigenvalue weighted by Crippen LogP contribution is 2.59. The lowest BCUT2D eigenvalue weighted by Gasteiger charge is -2.30. The molecule has 0 spiro atoms. The Morgan fingerprint density at radius 1 is 1.26 bits per heavy atom. The van der Waals surface area contributed by atoms with Crippen molar-refractivity contribution in [2.45, 2.75) is 12.1 Å². The van der Waals surface area contributed by atoms with E-state index in [-0.39, 0.29) is 5.30 Å².